The van der Waals surface area contributed by atoms with Gasteiger partial charge in [0.05, 0.1) is 12.2 Å². The van der Waals surface area contributed by atoms with Crippen molar-refractivity contribution in [3.8, 4) is 11.3 Å². The summed E-state index contributed by atoms with van der Waals surface area (Å²) >= 11 is 7.60. The van der Waals surface area contributed by atoms with E-state index in [4.69, 9.17) is 16.6 Å². The van der Waals surface area contributed by atoms with E-state index in [1.165, 1.54) is 0 Å². The molecule has 1 aromatic heterocycles. The zero-order valence-electron chi connectivity index (χ0n) is 14.9. The molecule has 3 heterocycles. The summed E-state index contributed by atoms with van der Waals surface area (Å²) in [5.41, 5.74) is 2.04. The van der Waals surface area contributed by atoms with E-state index in [0.29, 0.717) is 25.9 Å². The number of amides is 2. The molecule has 6 nitrogen and oxygen atoms in total. The molecule has 2 fully saturated rings. The fourth-order valence-corrected chi connectivity index (χ4v) is 4.44. The van der Waals surface area contributed by atoms with Gasteiger partial charge in [0, 0.05) is 48.6 Å². The van der Waals surface area contributed by atoms with Gasteiger partial charge >= 0.3 is 0 Å². The number of carbonyl (C=O) groups excluding carboxylic acids is 2. The summed E-state index contributed by atoms with van der Waals surface area (Å²) in [6, 6.07) is 7.38. The van der Waals surface area contributed by atoms with Crippen molar-refractivity contribution in [2.75, 3.05) is 26.2 Å². The van der Waals surface area contributed by atoms with Gasteiger partial charge in [-0.3, -0.25) is 14.5 Å². The minimum atomic E-state index is -0.329. The minimum Gasteiger partial charge on any atom is -0.344 e. The molecule has 2 aromatic rings. The molecule has 1 N–H and O–H groups in total. The Hall–Kier alpha value is -1.96. The van der Waals surface area contributed by atoms with Crippen molar-refractivity contribution < 1.29 is 9.59 Å². The van der Waals surface area contributed by atoms with Gasteiger partial charge in [-0.15, -0.1) is 11.3 Å². The van der Waals surface area contributed by atoms with Gasteiger partial charge in [-0.05, 0) is 18.6 Å². The van der Waals surface area contributed by atoms with Crippen LogP contribution < -0.4 is 5.32 Å². The van der Waals surface area contributed by atoms with Crippen LogP contribution in [0.5, 0.6) is 0 Å². The maximum atomic E-state index is 12.5. The van der Waals surface area contributed by atoms with Crippen LogP contribution >= 0.6 is 22.9 Å². The first-order valence-corrected chi connectivity index (χ1v) is 10.3. The van der Waals surface area contributed by atoms with E-state index >= 15 is 0 Å². The van der Waals surface area contributed by atoms with Crippen LogP contribution in [0.25, 0.3) is 11.3 Å². The lowest BCUT2D eigenvalue weighted by molar-refractivity contribution is -0.136. The highest BCUT2D eigenvalue weighted by Gasteiger charge is 2.32. The number of aromatic nitrogens is 1. The molecule has 1 aromatic carbocycles. The second-order valence-corrected chi connectivity index (χ2v) is 8.27. The highest BCUT2D eigenvalue weighted by molar-refractivity contribution is 7.09. The molecule has 1 atom stereocenters. The number of benzene rings is 1. The molecule has 0 spiro atoms. The quantitative estimate of drug-likeness (QED) is 0.849. The molecule has 8 heteroatoms. The van der Waals surface area contributed by atoms with E-state index in [-0.39, 0.29) is 17.9 Å². The van der Waals surface area contributed by atoms with Crippen molar-refractivity contribution in [2.24, 2.45) is 0 Å². The first-order chi connectivity index (χ1) is 13.1. The van der Waals surface area contributed by atoms with Crippen molar-refractivity contribution in [3.63, 3.8) is 0 Å². The number of piperazine rings is 1. The van der Waals surface area contributed by atoms with Gasteiger partial charge < -0.3 is 10.2 Å². The second kappa shape index (κ2) is 7.96. The molecule has 2 saturated heterocycles. The van der Waals surface area contributed by atoms with Crippen molar-refractivity contribution in [3.05, 3.63) is 39.7 Å². The van der Waals surface area contributed by atoms with Gasteiger partial charge in [0.2, 0.25) is 11.8 Å². The SMILES string of the molecule is O=C1CCC(C(=O)N2CCN(Cc3nc(-c4ccc(Cl)cc4)cs3)CC2)N1. The topological polar surface area (TPSA) is 65.5 Å². The lowest BCUT2D eigenvalue weighted by Crippen LogP contribution is -2.53. The van der Waals surface area contributed by atoms with Crippen LogP contribution in [0.2, 0.25) is 5.02 Å². The first kappa shape index (κ1) is 18.4. The molecule has 0 saturated carbocycles. The monoisotopic (exact) mass is 404 g/mol. The summed E-state index contributed by atoms with van der Waals surface area (Å²) in [7, 11) is 0. The van der Waals surface area contributed by atoms with E-state index in [2.05, 4.69) is 15.6 Å². The highest BCUT2D eigenvalue weighted by atomic mass is 35.5. The van der Waals surface area contributed by atoms with Crippen LogP contribution in [0.3, 0.4) is 0 Å². The average molecular weight is 405 g/mol. The molecule has 4 rings (SSSR count). The van der Waals surface area contributed by atoms with E-state index < -0.39 is 0 Å². The summed E-state index contributed by atoms with van der Waals surface area (Å²) in [4.78, 5) is 32.7. The standard InChI is InChI=1S/C19H21ClN4O2S/c20-14-3-1-13(2-4-14)16-12-27-18(22-16)11-23-7-9-24(10-8-23)19(26)15-5-6-17(25)21-15/h1-4,12,15H,5-11H2,(H,21,25). The Morgan fingerprint density at radius 2 is 1.96 bits per heavy atom. The molecule has 0 aliphatic carbocycles. The molecule has 0 bridgehead atoms. The summed E-state index contributed by atoms with van der Waals surface area (Å²) < 4.78 is 0. The van der Waals surface area contributed by atoms with E-state index in [1.807, 2.05) is 29.2 Å². The zero-order chi connectivity index (χ0) is 18.8. The zero-order valence-corrected chi connectivity index (χ0v) is 16.4. The molecule has 27 heavy (non-hydrogen) atoms. The molecule has 142 valence electrons. The second-order valence-electron chi connectivity index (χ2n) is 6.89. The third-order valence-electron chi connectivity index (χ3n) is 5.03. The van der Waals surface area contributed by atoms with E-state index in [1.54, 1.807) is 11.3 Å². The van der Waals surface area contributed by atoms with Crippen molar-refractivity contribution in [2.45, 2.75) is 25.4 Å². The van der Waals surface area contributed by atoms with Gasteiger partial charge in [0.1, 0.15) is 11.0 Å². The van der Waals surface area contributed by atoms with Crippen molar-refractivity contribution in [1.82, 2.24) is 20.1 Å². The van der Waals surface area contributed by atoms with Gasteiger partial charge in [-0.1, -0.05) is 23.7 Å². The molecule has 2 aliphatic rings. The Morgan fingerprint density at radius 3 is 2.63 bits per heavy atom. The van der Waals surface area contributed by atoms with Crippen LogP contribution in [0, 0.1) is 0 Å². The Bertz CT molecular complexity index is 830. The molecule has 2 aliphatic heterocycles. The van der Waals surface area contributed by atoms with Crippen molar-refractivity contribution >= 4 is 34.8 Å². The van der Waals surface area contributed by atoms with Crippen LogP contribution in [0.1, 0.15) is 17.8 Å². The molecule has 1 unspecified atom stereocenters. The third-order valence-corrected chi connectivity index (χ3v) is 6.11. The first-order valence-electron chi connectivity index (χ1n) is 9.09. The number of rotatable bonds is 4. The fourth-order valence-electron chi connectivity index (χ4n) is 3.47. The predicted octanol–water partition coefficient (Wildman–Crippen LogP) is 2.39. The number of hydrogen-bond donors (Lipinski definition) is 1. The molecular weight excluding hydrogens is 384 g/mol. The van der Waals surface area contributed by atoms with Crippen LogP contribution in [-0.2, 0) is 16.1 Å². The molecule has 2 amide bonds. The molecular formula is C19H21ClN4O2S. The minimum absolute atomic E-state index is 0.0211. The summed E-state index contributed by atoms with van der Waals surface area (Å²) in [6.07, 6.45) is 1.07. The Kier molecular flexibility index (Phi) is 5.43. The lowest BCUT2D eigenvalue weighted by Gasteiger charge is -2.35. The molecule has 0 radical (unpaired) electrons. The third kappa shape index (κ3) is 4.31. The Labute approximate surface area is 167 Å². The number of nitrogens with zero attached hydrogens (tertiary/aromatic N) is 3. The Morgan fingerprint density at radius 1 is 1.22 bits per heavy atom. The summed E-state index contributed by atoms with van der Waals surface area (Å²) in [5, 5.41) is 6.63. The normalized spacial score (nSPS) is 20.7. The van der Waals surface area contributed by atoms with Gasteiger partial charge in [-0.25, -0.2) is 4.98 Å². The fraction of sp³-hybridized carbons (Fsp3) is 0.421. The lowest BCUT2D eigenvalue weighted by atomic mass is 10.2. The number of hydrogen-bond acceptors (Lipinski definition) is 5. The Balaban J connectivity index is 1.30. The van der Waals surface area contributed by atoms with Crippen LogP contribution in [0.15, 0.2) is 29.6 Å². The van der Waals surface area contributed by atoms with Crippen molar-refractivity contribution in [1.29, 1.82) is 0 Å². The van der Waals surface area contributed by atoms with Gasteiger partial charge in [-0.2, -0.15) is 0 Å². The summed E-state index contributed by atoms with van der Waals surface area (Å²) in [5.74, 6) is 0.0343. The van der Waals surface area contributed by atoms with E-state index in [9.17, 15) is 9.59 Å². The smallest absolute Gasteiger partial charge is 0.245 e. The van der Waals surface area contributed by atoms with Crippen LogP contribution in [-0.4, -0.2) is 58.8 Å². The number of carbonyl (C=O) groups is 2. The van der Waals surface area contributed by atoms with E-state index in [0.717, 1.165) is 40.9 Å². The maximum absolute atomic E-state index is 12.5. The average Bonchev–Trinajstić information content (AvgIpc) is 3.32. The van der Waals surface area contributed by atoms with Crippen LogP contribution in [0.4, 0.5) is 0 Å². The van der Waals surface area contributed by atoms with Gasteiger partial charge in [0.15, 0.2) is 0 Å². The largest absolute Gasteiger partial charge is 0.344 e. The number of halogens is 1. The number of thiazole rings is 1. The highest BCUT2D eigenvalue weighted by Crippen LogP contribution is 2.24. The summed E-state index contributed by atoms with van der Waals surface area (Å²) in [6.45, 7) is 3.83. The predicted molar refractivity (Wildman–Crippen MR) is 106 cm³/mol. The number of nitrogens with one attached hydrogen (secondary N) is 1. The van der Waals surface area contributed by atoms with Gasteiger partial charge in [0.25, 0.3) is 0 Å². The maximum Gasteiger partial charge on any atom is 0.245 e.